The highest BCUT2D eigenvalue weighted by Gasteiger charge is 2.38. The Hall–Kier alpha value is -2.61. The quantitative estimate of drug-likeness (QED) is 0.730. The molecule has 2 rings (SSSR count). The molecule has 0 aliphatic heterocycles. The van der Waals surface area contributed by atoms with E-state index in [1.54, 1.807) is 19.1 Å². The molecule has 1 atom stereocenters. The number of aromatic nitrogens is 1. The summed E-state index contributed by atoms with van der Waals surface area (Å²) in [6.07, 6.45) is -2.59. The van der Waals surface area contributed by atoms with Gasteiger partial charge in [-0.2, -0.15) is 13.2 Å². The number of nitrogens with one attached hydrogen (secondary N) is 1. The van der Waals surface area contributed by atoms with E-state index < -0.39 is 23.8 Å². The summed E-state index contributed by atoms with van der Waals surface area (Å²) >= 11 is 0. The number of halogens is 3. The van der Waals surface area contributed by atoms with E-state index in [1.807, 2.05) is 0 Å². The van der Waals surface area contributed by atoms with Crippen LogP contribution in [0, 0.1) is 0 Å². The molecule has 0 radical (unpaired) electrons. The molecule has 1 heterocycles. The van der Waals surface area contributed by atoms with Crippen LogP contribution in [0.3, 0.4) is 0 Å². The van der Waals surface area contributed by atoms with Crippen molar-refractivity contribution in [3.63, 3.8) is 0 Å². The Kier molecular flexibility index (Phi) is 6.79. The highest BCUT2D eigenvalue weighted by molar-refractivity contribution is 5.86. The van der Waals surface area contributed by atoms with Crippen LogP contribution >= 0.6 is 0 Å². The standard InChI is InChI=1S/C19H21F3N2O3/c1-4-14(13-6-5-7-16(26-2)17(13)19(20,21)22)23-10-12-8-9-15(24-11-12)18(25)27-3/h5-9,11,14,23H,4,10H2,1-3H3. The van der Waals surface area contributed by atoms with Crippen molar-refractivity contribution in [2.24, 2.45) is 0 Å². The first-order valence-corrected chi connectivity index (χ1v) is 8.32. The highest BCUT2D eigenvalue weighted by Crippen LogP contribution is 2.41. The van der Waals surface area contributed by atoms with Crippen LogP contribution in [0.1, 0.15) is 46.6 Å². The largest absolute Gasteiger partial charge is 0.496 e. The number of esters is 1. The third kappa shape index (κ3) is 4.97. The minimum atomic E-state index is -4.53. The Bertz CT molecular complexity index is 777. The Labute approximate surface area is 155 Å². The number of rotatable bonds is 7. The number of pyridine rings is 1. The summed E-state index contributed by atoms with van der Waals surface area (Å²) < 4.78 is 50.1. The van der Waals surface area contributed by atoms with Crippen molar-refractivity contribution < 1.29 is 27.4 Å². The summed E-state index contributed by atoms with van der Waals surface area (Å²) in [5.74, 6) is -0.753. The Morgan fingerprint density at radius 2 is 1.96 bits per heavy atom. The minimum absolute atomic E-state index is 0.128. The third-order valence-corrected chi connectivity index (χ3v) is 4.12. The maximum Gasteiger partial charge on any atom is 0.420 e. The lowest BCUT2D eigenvalue weighted by Crippen LogP contribution is -2.24. The van der Waals surface area contributed by atoms with Gasteiger partial charge in [-0.3, -0.25) is 0 Å². The molecule has 8 heteroatoms. The van der Waals surface area contributed by atoms with E-state index in [0.29, 0.717) is 13.0 Å². The number of benzene rings is 1. The number of carbonyl (C=O) groups excluding carboxylic acids is 1. The van der Waals surface area contributed by atoms with Gasteiger partial charge in [0.2, 0.25) is 0 Å². The third-order valence-electron chi connectivity index (χ3n) is 4.12. The summed E-state index contributed by atoms with van der Waals surface area (Å²) in [6.45, 7) is 2.09. The van der Waals surface area contributed by atoms with Crippen LogP contribution in [0.25, 0.3) is 0 Å². The van der Waals surface area contributed by atoms with Crippen LogP contribution in [-0.2, 0) is 17.5 Å². The van der Waals surface area contributed by atoms with E-state index >= 15 is 0 Å². The summed E-state index contributed by atoms with van der Waals surface area (Å²) in [7, 11) is 2.48. The average Bonchev–Trinajstić information content (AvgIpc) is 2.67. The smallest absolute Gasteiger partial charge is 0.420 e. The molecular weight excluding hydrogens is 361 g/mol. The van der Waals surface area contributed by atoms with Gasteiger partial charge in [-0.1, -0.05) is 25.1 Å². The number of alkyl halides is 3. The van der Waals surface area contributed by atoms with E-state index in [0.717, 1.165) is 5.56 Å². The minimum Gasteiger partial charge on any atom is -0.496 e. The maximum absolute atomic E-state index is 13.5. The van der Waals surface area contributed by atoms with Crippen LogP contribution in [0.4, 0.5) is 13.2 Å². The Balaban J connectivity index is 2.22. The summed E-state index contributed by atoms with van der Waals surface area (Å²) in [5, 5.41) is 3.12. The van der Waals surface area contributed by atoms with Gasteiger partial charge in [0, 0.05) is 18.8 Å². The molecule has 0 saturated heterocycles. The zero-order valence-electron chi connectivity index (χ0n) is 15.3. The number of nitrogens with zero attached hydrogens (tertiary/aromatic N) is 1. The van der Waals surface area contributed by atoms with E-state index in [2.05, 4.69) is 15.0 Å². The fraction of sp³-hybridized carbons (Fsp3) is 0.368. The first-order chi connectivity index (χ1) is 12.8. The molecule has 1 aromatic heterocycles. The van der Waals surface area contributed by atoms with Gasteiger partial charge < -0.3 is 14.8 Å². The molecule has 2 aromatic rings. The fourth-order valence-corrected chi connectivity index (χ4v) is 2.78. The summed E-state index contributed by atoms with van der Waals surface area (Å²) in [5.41, 5.74) is 0.257. The van der Waals surface area contributed by atoms with Crippen molar-refractivity contribution in [1.82, 2.24) is 10.3 Å². The molecule has 146 valence electrons. The van der Waals surface area contributed by atoms with Gasteiger partial charge in [0.05, 0.1) is 14.2 Å². The molecule has 0 amide bonds. The van der Waals surface area contributed by atoms with E-state index in [1.165, 1.54) is 38.6 Å². The average molecular weight is 382 g/mol. The predicted molar refractivity (Wildman–Crippen MR) is 93.4 cm³/mol. The first-order valence-electron chi connectivity index (χ1n) is 8.32. The second-order valence-corrected chi connectivity index (χ2v) is 5.81. The molecule has 0 aliphatic rings. The van der Waals surface area contributed by atoms with Gasteiger partial charge in [-0.25, -0.2) is 9.78 Å². The normalized spacial score (nSPS) is 12.5. The van der Waals surface area contributed by atoms with Crippen LogP contribution in [0.5, 0.6) is 5.75 Å². The topological polar surface area (TPSA) is 60.5 Å². The summed E-state index contributed by atoms with van der Waals surface area (Å²) in [6, 6.07) is 6.95. The monoisotopic (exact) mass is 382 g/mol. The molecule has 0 aliphatic carbocycles. The van der Waals surface area contributed by atoms with Crippen molar-refractivity contribution in [1.29, 1.82) is 0 Å². The number of carbonyl (C=O) groups is 1. The van der Waals surface area contributed by atoms with Crippen molar-refractivity contribution in [2.75, 3.05) is 14.2 Å². The number of methoxy groups -OCH3 is 2. The van der Waals surface area contributed by atoms with Gasteiger partial charge >= 0.3 is 12.1 Å². The van der Waals surface area contributed by atoms with Gasteiger partial charge in [-0.05, 0) is 29.7 Å². The van der Waals surface area contributed by atoms with Crippen LogP contribution < -0.4 is 10.1 Å². The van der Waals surface area contributed by atoms with Gasteiger partial charge in [0.25, 0.3) is 0 Å². The van der Waals surface area contributed by atoms with Crippen molar-refractivity contribution >= 4 is 5.97 Å². The summed E-state index contributed by atoms with van der Waals surface area (Å²) in [4.78, 5) is 15.4. The maximum atomic E-state index is 13.5. The molecule has 1 N–H and O–H groups in total. The predicted octanol–water partition coefficient (Wildman–Crippen LogP) is 4.14. The molecule has 1 unspecified atom stereocenters. The molecule has 1 aromatic carbocycles. The van der Waals surface area contributed by atoms with E-state index in [9.17, 15) is 18.0 Å². The van der Waals surface area contributed by atoms with Crippen LogP contribution in [-0.4, -0.2) is 25.2 Å². The van der Waals surface area contributed by atoms with Crippen LogP contribution in [0.15, 0.2) is 36.5 Å². The first kappa shape index (κ1) is 20.7. The van der Waals surface area contributed by atoms with E-state index in [-0.39, 0.29) is 17.0 Å². The lowest BCUT2D eigenvalue weighted by molar-refractivity contribution is -0.139. The zero-order valence-corrected chi connectivity index (χ0v) is 15.3. The second kappa shape index (κ2) is 8.85. The Morgan fingerprint density at radius 3 is 2.48 bits per heavy atom. The molecule has 0 spiro atoms. The highest BCUT2D eigenvalue weighted by atomic mass is 19.4. The molecule has 5 nitrogen and oxygen atoms in total. The number of hydrogen-bond acceptors (Lipinski definition) is 5. The van der Waals surface area contributed by atoms with Crippen molar-refractivity contribution in [2.45, 2.75) is 32.1 Å². The van der Waals surface area contributed by atoms with Gasteiger partial charge in [0.1, 0.15) is 17.0 Å². The molecular formula is C19H21F3N2O3. The van der Waals surface area contributed by atoms with Gasteiger partial charge in [0.15, 0.2) is 0 Å². The zero-order chi connectivity index (χ0) is 20.0. The lowest BCUT2D eigenvalue weighted by atomic mass is 9.96. The number of ether oxygens (including phenoxy) is 2. The van der Waals surface area contributed by atoms with Crippen molar-refractivity contribution in [3.8, 4) is 5.75 Å². The Morgan fingerprint density at radius 1 is 1.22 bits per heavy atom. The molecule has 0 saturated carbocycles. The van der Waals surface area contributed by atoms with Crippen LogP contribution in [0.2, 0.25) is 0 Å². The lowest BCUT2D eigenvalue weighted by Gasteiger charge is -2.23. The molecule has 0 bridgehead atoms. The number of hydrogen-bond donors (Lipinski definition) is 1. The van der Waals surface area contributed by atoms with E-state index in [4.69, 9.17) is 4.74 Å². The van der Waals surface area contributed by atoms with Gasteiger partial charge in [-0.15, -0.1) is 0 Å². The molecule has 0 fully saturated rings. The second-order valence-electron chi connectivity index (χ2n) is 5.81. The molecule has 27 heavy (non-hydrogen) atoms. The SMILES string of the molecule is CCC(NCc1ccc(C(=O)OC)nc1)c1cccc(OC)c1C(F)(F)F. The fourth-order valence-electron chi connectivity index (χ4n) is 2.78. The van der Waals surface area contributed by atoms with Crippen molar-refractivity contribution in [3.05, 3.63) is 58.9 Å².